The van der Waals surface area contributed by atoms with Gasteiger partial charge in [-0.2, -0.15) is 13.7 Å². The summed E-state index contributed by atoms with van der Waals surface area (Å²) < 4.78 is 21.3. The van der Waals surface area contributed by atoms with Crippen molar-refractivity contribution in [3.05, 3.63) is 0 Å². The number of rotatable bonds is 2. The number of carboxylic acid groups (broad SMARTS) is 1. The number of aliphatic carboxylic acids is 1. The van der Waals surface area contributed by atoms with Gasteiger partial charge in [0, 0.05) is 23.5 Å². The Labute approximate surface area is 97.9 Å². The van der Waals surface area contributed by atoms with Crippen LogP contribution in [0.25, 0.3) is 0 Å². The quantitative estimate of drug-likeness (QED) is 0.457. The van der Waals surface area contributed by atoms with E-state index in [4.69, 9.17) is 15.2 Å². The summed E-state index contributed by atoms with van der Waals surface area (Å²) >= 11 is 0. The Kier molecular flexibility index (Phi) is 17.0. The standard InChI is InChI=1S/C3H5N.C3H6O2.CClNO3S/c1-2-3-4;1-2-3(4)5;2-7(5,6)3-1-4/h2H2,1H3;2H2,1H3,(H,4,5);. The number of carbonyl (C=O) groups is 1. The van der Waals surface area contributed by atoms with Crippen LogP contribution in [0.1, 0.15) is 26.7 Å². The molecular weight excluding hydrogens is 260 g/mol. The average molecular weight is 271 g/mol. The van der Waals surface area contributed by atoms with Gasteiger partial charge in [0.15, 0.2) is 0 Å². The number of isocyanates is 1. The largest absolute Gasteiger partial charge is 0.481 e. The highest BCUT2D eigenvalue weighted by atomic mass is 35.7. The van der Waals surface area contributed by atoms with Crippen molar-refractivity contribution in [2.45, 2.75) is 26.7 Å². The minimum atomic E-state index is -4.00. The van der Waals surface area contributed by atoms with Gasteiger partial charge in [0.1, 0.15) is 0 Å². The first-order chi connectivity index (χ1) is 7.24. The van der Waals surface area contributed by atoms with Crippen molar-refractivity contribution in [1.29, 1.82) is 5.26 Å². The molecular formula is C7H11ClN2O5S. The van der Waals surface area contributed by atoms with Crippen LogP contribution in [0.15, 0.2) is 4.40 Å². The van der Waals surface area contributed by atoms with Crippen LogP contribution in [0.3, 0.4) is 0 Å². The Hall–Kier alpha value is -1.42. The first-order valence-electron chi connectivity index (χ1n) is 3.87. The predicted molar refractivity (Wildman–Crippen MR) is 56.7 cm³/mol. The Balaban J connectivity index is -0.000000166. The molecule has 0 aromatic rings. The molecule has 0 saturated carbocycles. The van der Waals surface area contributed by atoms with Crippen LogP contribution in [0.2, 0.25) is 0 Å². The zero-order chi connectivity index (χ0) is 13.6. The maximum absolute atomic E-state index is 9.57. The molecule has 0 aliphatic carbocycles. The van der Waals surface area contributed by atoms with Crippen LogP contribution in [0.4, 0.5) is 0 Å². The van der Waals surface area contributed by atoms with Crippen molar-refractivity contribution in [2.24, 2.45) is 4.40 Å². The number of hydrogen-bond acceptors (Lipinski definition) is 5. The van der Waals surface area contributed by atoms with E-state index in [1.165, 1.54) is 0 Å². The topological polar surface area (TPSA) is 125 Å². The lowest BCUT2D eigenvalue weighted by Gasteiger charge is -1.71. The third-order valence-electron chi connectivity index (χ3n) is 0.607. The van der Waals surface area contributed by atoms with E-state index in [1.54, 1.807) is 6.92 Å². The summed E-state index contributed by atoms with van der Waals surface area (Å²) in [6.45, 7) is 3.42. The van der Waals surface area contributed by atoms with Gasteiger partial charge in [0.2, 0.25) is 0 Å². The lowest BCUT2D eigenvalue weighted by atomic mass is 10.5. The van der Waals surface area contributed by atoms with Gasteiger partial charge in [-0.3, -0.25) is 4.79 Å². The highest BCUT2D eigenvalue weighted by molar-refractivity contribution is 8.12. The average Bonchev–Trinajstić information content (AvgIpc) is 2.17. The molecule has 0 fully saturated rings. The summed E-state index contributed by atoms with van der Waals surface area (Å²) in [5.74, 6) is -0.745. The van der Waals surface area contributed by atoms with E-state index in [-0.39, 0.29) is 6.42 Å². The maximum Gasteiger partial charge on any atom is 0.350 e. The summed E-state index contributed by atoms with van der Waals surface area (Å²) in [4.78, 5) is 18.4. The molecule has 0 atom stereocenters. The van der Waals surface area contributed by atoms with Gasteiger partial charge >= 0.3 is 15.2 Å². The van der Waals surface area contributed by atoms with Crippen LogP contribution in [-0.4, -0.2) is 25.6 Å². The molecule has 0 heterocycles. The van der Waals surface area contributed by atoms with Crippen molar-refractivity contribution < 1.29 is 23.1 Å². The third kappa shape index (κ3) is 54.2. The number of carbonyl (C=O) groups excluding carboxylic acids is 1. The SMILES string of the molecule is CCC#N.CCC(=O)O.O=C=NS(=O)(=O)Cl. The fourth-order valence-corrected chi connectivity index (χ4v) is 0.218. The van der Waals surface area contributed by atoms with Crippen molar-refractivity contribution in [3.63, 3.8) is 0 Å². The predicted octanol–water partition coefficient (Wildman–Crippen LogP) is 1.21. The van der Waals surface area contributed by atoms with E-state index in [0.717, 1.165) is 6.08 Å². The number of hydrogen-bond donors (Lipinski definition) is 1. The minimum Gasteiger partial charge on any atom is -0.481 e. The molecule has 0 unspecified atom stereocenters. The first-order valence-corrected chi connectivity index (χ1v) is 6.14. The second-order valence-corrected chi connectivity index (χ2v) is 4.03. The molecule has 0 rings (SSSR count). The smallest absolute Gasteiger partial charge is 0.350 e. The van der Waals surface area contributed by atoms with Gasteiger partial charge in [-0.05, 0) is 0 Å². The van der Waals surface area contributed by atoms with Gasteiger partial charge in [-0.15, -0.1) is 0 Å². The molecule has 0 aromatic heterocycles. The van der Waals surface area contributed by atoms with Gasteiger partial charge in [-0.1, -0.05) is 18.2 Å². The molecule has 16 heavy (non-hydrogen) atoms. The van der Waals surface area contributed by atoms with Crippen molar-refractivity contribution in [2.75, 3.05) is 0 Å². The monoisotopic (exact) mass is 270 g/mol. The second-order valence-electron chi connectivity index (χ2n) is 1.85. The Morgan fingerprint density at radius 2 is 1.81 bits per heavy atom. The van der Waals surface area contributed by atoms with Gasteiger partial charge in [0.05, 0.1) is 6.07 Å². The Bertz CT molecular complexity index is 367. The molecule has 92 valence electrons. The highest BCUT2D eigenvalue weighted by Crippen LogP contribution is 1.93. The highest BCUT2D eigenvalue weighted by Gasteiger charge is 1.95. The summed E-state index contributed by atoms with van der Waals surface area (Å²) in [7, 11) is 0.376. The fourth-order valence-electron chi connectivity index (χ4n) is 0.0445. The van der Waals surface area contributed by atoms with E-state index in [2.05, 4.69) is 15.1 Å². The fraction of sp³-hybridized carbons (Fsp3) is 0.571. The Morgan fingerprint density at radius 3 is 1.81 bits per heavy atom. The summed E-state index contributed by atoms with van der Waals surface area (Å²) in [5, 5.41) is 15.3. The lowest BCUT2D eigenvalue weighted by molar-refractivity contribution is -0.136. The van der Waals surface area contributed by atoms with Gasteiger partial charge in [0.25, 0.3) is 6.08 Å². The molecule has 0 radical (unpaired) electrons. The van der Waals surface area contributed by atoms with E-state index in [9.17, 15) is 13.2 Å². The third-order valence-corrected chi connectivity index (χ3v) is 1.11. The normalized spacial score (nSPS) is 7.88. The van der Waals surface area contributed by atoms with E-state index in [1.807, 2.05) is 13.0 Å². The van der Waals surface area contributed by atoms with Gasteiger partial charge < -0.3 is 5.11 Å². The second kappa shape index (κ2) is 13.6. The molecule has 7 nitrogen and oxygen atoms in total. The number of carboxylic acids is 1. The van der Waals surface area contributed by atoms with Crippen LogP contribution in [0, 0.1) is 11.3 Å². The molecule has 0 aliphatic rings. The zero-order valence-electron chi connectivity index (χ0n) is 8.68. The van der Waals surface area contributed by atoms with E-state index in [0.29, 0.717) is 6.42 Å². The van der Waals surface area contributed by atoms with Crippen LogP contribution < -0.4 is 0 Å². The van der Waals surface area contributed by atoms with Crippen molar-refractivity contribution in [3.8, 4) is 6.07 Å². The Morgan fingerprint density at radius 1 is 1.50 bits per heavy atom. The minimum absolute atomic E-state index is 0.222. The van der Waals surface area contributed by atoms with Crippen molar-refractivity contribution in [1.82, 2.24) is 0 Å². The molecule has 0 bridgehead atoms. The van der Waals surface area contributed by atoms with Crippen LogP contribution >= 0.6 is 10.7 Å². The molecule has 0 saturated heterocycles. The molecule has 0 aromatic carbocycles. The summed E-state index contributed by atoms with van der Waals surface area (Å²) in [5.41, 5.74) is 0. The van der Waals surface area contributed by atoms with E-state index < -0.39 is 15.2 Å². The first kappa shape index (κ1) is 20.1. The lowest BCUT2D eigenvalue weighted by Crippen LogP contribution is -1.86. The van der Waals surface area contributed by atoms with Crippen LogP contribution in [0.5, 0.6) is 0 Å². The van der Waals surface area contributed by atoms with Crippen LogP contribution in [-0.2, 0) is 18.8 Å². The number of halogens is 1. The molecule has 0 spiro atoms. The molecule has 9 heteroatoms. The number of nitrogens with zero attached hydrogens (tertiary/aromatic N) is 2. The number of nitriles is 1. The maximum atomic E-state index is 9.57. The molecule has 0 amide bonds. The summed E-state index contributed by atoms with van der Waals surface area (Å²) in [6, 6.07) is 1.93. The van der Waals surface area contributed by atoms with E-state index >= 15 is 0 Å². The molecule has 0 aliphatic heterocycles. The summed E-state index contributed by atoms with van der Waals surface area (Å²) in [6.07, 6.45) is 1.61. The molecule has 1 N–H and O–H groups in total. The zero-order valence-corrected chi connectivity index (χ0v) is 10.2. The van der Waals surface area contributed by atoms with Gasteiger partial charge in [-0.25, -0.2) is 4.79 Å². The van der Waals surface area contributed by atoms with Crippen molar-refractivity contribution >= 4 is 32.0 Å².